The molecule has 0 spiro atoms. The first kappa shape index (κ1) is 19.2. The summed E-state index contributed by atoms with van der Waals surface area (Å²) in [7, 11) is 1.53. The van der Waals surface area contributed by atoms with Gasteiger partial charge in [0.1, 0.15) is 5.75 Å². The molecule has 0 saturated carbocycles. The quantitative estimate of drug-likeness (QED) is 0.180. The van der Waals surface area contributed by atoms with Crippen LogP contribution in [-0.2, 0) is 4.79 Å². The Balaban J connectivity index is 2.04. The second-order valence-electron chi connectivity index (χ2n) is 4.82. The molecule has 0 saturated heterocycles. The Morgan fingerprint density at radius 1 is 1.07 bits per heavy atom. The Hall–Kier alpha value is -4.15. The highest BCUT2D eigenvalue weighted by atomic mass is 16.6. The van der Waals surface area contributed by atoms with Crippen molar-refractivity contribution in [1.82, 2.24) is 0 Å². The van der Waals surface area contributed by atoms with Gasteiger partial charge in [-0.25, -0.2) is 4.79 Å². The Morgan fingerprint density at radius 3 is 2.37 bits per heavy atom. The molecule has 2 aromatic carbocycles. The van der Waals surface area contributed by atoms with Crippen molar-refractivity contribution in [2.75, 3.05) is 7.11 Å². The van der Waals surface area contributed by atoms with E-state index in [2.05, 4.69) is 10.2 Å². The van der Waals surface area contributed by atoms with E-state index in [-0.39, 0.29) is 0 Å². The van der Waals surface area contributed by atoms with Crippen LogP contribution in [0, 0.1) is 20.2 Å². The molecule has 0 radical (unpaired) electrons. The predicted molar refractivity (Wildman–Crippen MR) is 92.0 cm³/mol. The lowest BCUT2D eigenvalue weighted by Gasteiger charge is -2.02. The van der Waals surface area contributed by atoms with E-state index in [1.165, 1.54) is 7.11 Å². The third-order valence-corrected chi connectivity index (χ3v) is 3.08. The van der Waals surface area contributed by atoms with Crippen molar-refractivity contribution in [3.05, 3.63) is 75.0 Å². The number of azo groups is 1. The Morgan fingerprint density at radius 2 is 1.78 bits per heavy atom. The molecule has 11 heteroatoms. The number of esters is 1. The largest absolute Gasteiger partial charge is 0.497 e. The van der Waals surface area contributed by atoms with Gasteiger partial charge in [-0.1, -0.05) is 0 Å². The average molecular weight is 372 g/mol. The van der Waals surface area contributed by atoms with Crippen LogP contribution in [-0.4, -0.2) is 22.9 Å². The molecule has 2 aromatic rings. The summed E-state index contributed by atoms with van der Waals surface area (Å²) in [6, 6.07) is 9.32. The minimum atomic E-state index is -0.958. The molecule has 138 valence electrons. The van der Waals surface area contributed by atoms with Crippen molar-refractivity contribution in [2.24, 2.45) is 10.2 Å². The van der Waals surface area contributed by atoms with Gasteiger partial charge in [-0.2, -0.15) is 10.2 Å². The van der Waals surface area contributed by atoms with Crippen LogP contribution in [0.4, 0.5) is 17.1 Å². The minimum Gasteiger partial charge on any atom is -0.497 e. The minimum absolute atomic E-state index is 0.424. The summed E-state index contributed by atoms with van der Waals surface area (Å²) in [6.07, 6.45) is 1.95. The Labute approximate surface area is 151 Å². The van der Waals surface area contributed by atoms with Crippen molar-refractivity contribution in [3.8, 4) is 11.5 Å². The molecular formula is C16H12N4O7. The van der Waals surface area contributed by atoms with E-state index < -0.39 is 32.9 Å². The fraction of sp³-hybridized carbons (Fsp3) is 0.0625. The third kappa shape index (κ3) is 5.42. The van der Waals surface area contributed by atoms with Gasteiger partial charge in [0.05, 0.1) is 34.9 Å². The van der Waals surface area contributed by atoms with Crippen LogP contribution >= 0.6 is 0 Å². The van der Waals surface area contributed by atoms with Crippen LogP contribution in [0.15, 0.2) is 65.0 Å². The number of benzene rings is 2. The van der Waals surface area contributed by atoms with Crippen molar-refractivity contribution in [3.63, 3.8) is 0 Å². The summed E-state index contributed by atoms with van der Waals surface area (Å²) in [5.74, 6) is -0.731. The number of non-ortho nitro benzene ring substituents is 1. The monoisotopic (exact) mass is 372 g/mol. The summed E-state index contributed by atoms with van der Waals surface area (Å²) >= 11 is 0. The number of carbonyl (C=O) groups excluding carboxylic acids is 1. The summed E-state index contributed by atoms with van der Waals surface area (Å²) < 4.78 is 9.81. The number of ether oxygens (including phenoxy) is 2. The normalized spacial score (nSPS) is 10.9. The van der Waals surface area contributed by atoms with Crippen molar-refractivity contribution in [2.45, 2.75) is 0 Å². The number of hydrogen-bond donors (Lipinski definition) is 0. The van der Waals surface area contributed by atoms with E-state index in [0.717, 1.165) is 24.4 Å². The molecule has 0 heterocycles. The van der Waals surface area contributed by atoms with Crippen molar-refractivity contribution in [1.29, 1.82) is 0 Å². The molecule has 0 unspecified atom stereocenters. The lowest BCUT2D eigenvalue weighted by molar-refractivity contribution is -0.394. The van der Waals surface area contributed by atoms with Gasteiger partial charge in [0.15, 0.2) is 0 Å². The van der Waals surface area contributed by atoms with Gasteiger partial charge >= 0.3 is 11.7 Å². The van der Waals surface area contributed by atoms with Gasteiger partial charge in [0.25, 0.3) is 5.69 Å². The zero-order valence-corrected chi connectivity index (χ0v) is 13.8. The molecule has 0 atom stereocenters. The van der Waals surface area contributed by atoms with E-state index >= 15 is 0 Å². The zero-order chi connectivity index (χ0) is 19.8. The standard InChI is InChI=1S/C16H12N4O7/c1-26-13-5-2-11(3-6-13)18-17-9-8-16(21)27-15-7-4-12(19(22)23)10-14(15)20(24)25/h2-10H,1H3/b9-8+,18-17?. The maximum Gasteiger partial charge on any atom is 0.338 e. The molecule has 27 heavy (non-hydrogen) atoms. The molecule has 0 fully saturated rings. The smallest absolute Gasteiger partial charge is 0.338 e. The molecule has 0 aliphatic rings. The molecule has 0 N–H and O–H groups in total. The molecule has 0 aliphatic carbocycles. The zero-order valence-electron chi connectivity index (χ0n) is 13.8. The molecular weight excluding hydrogens is 360 g/mol. The van der Waals surface area contributed by atoms with Gasteiger partial charge in [-0.05, 0) is 30.3 Å². The SMILES string of the molecule is COc1ccc(N=N/C=C/C(=O)Oc2ccc([N+](=O)[O-])cc2[N+](=O)[O-])cc1. The van der Waals surface area contributed by atoms with E-state index in [1.54, 1.807) is 24.3 Å². The number of rotatable bonds is 7. The van der Waals surface area contributed by atoms with Crippen molar-refractivity contribution >= 4 is 23.0 Å². The molecule has 0 bridgehead atoms. The van der Waals surface area contributed by atoms with E-state index in [1.807, 2.05) is 0 Å². The number of nitro groups is 2. The number of nitrogens with zero attached hydrogens (tertiary/aromatic N) is 4. The maximum absolute atomic E-state index is 11.7. The first-order valence-corrected chi connectivity index (χ1v) is 7.27. The average Bonchev–Trinajstić information content (AvgIpc) is 2.65. The Kier molecular flexibility index (Phi) is 6.25. The van der Waals surface area contributed by atoms with E-state index in [4.69, 9.17) is 9.47 Å². The van der Waals surface area contributed by atoms with Crippen LogP contribution in [0.1, 0.15) is 0 Å². The fourth-order valence-corrected chi connectivity index (χ4v) is 1.83. The van der Waals surface area contributed by atoms with Gasteiger partial charge in [-0.3, -0.25) is 20.2 Å². The second kappa shape index (κ2) is 8.80. The molecule has 0 amide bonds. The van der Waals surface area contributed by atoms with Crippen LogP contribution < -0.4 is 9.47 Å². The highest BCUT2D eigenvalue weighted by Crippen LogP contribution is 2.31. The number of methoxy groups -OCH3 is 1. The molecule has 0 aliphatic heterocycles. The van der Waals surface area contributed by atoms with E-state index in [9.17, 15) is 25.0 Å². The van der Waals surface area contributed by atoms with Crippen LogP contribution in [0.3, 0.4) is 0 Å². The molecule has 11 nitrogen and oxygen atoms in total. The summed E-state index contributed by atoms with van der Waals surface area (Å²) in [5, 5.41) is 29.1. The molecule has 2 rings (SSSR count). The van der Waals surface area contributed by atoms with Gasteiger partial charge in [0, 0.05) is 12.1 Å². The number of hydrogen-bond acceptors (Lipinski definition) is 9. The van der Waals surface area contributed by atoms with Crippen LogP contribution in [0.2, 0.25) is 0 Å². The second-order valence-corrected chi connectivity index (χ2v) is 4.82. The topological polar surface area (TPSA) is 147 Å². The van der Waals surface area contributed by atoms with Gasteiger partial charge < -0.3 is 9.47 Å². The lowest BCUT2D eigenvalue weighted by atomic mass is 10.2. The summed E-state index contributed by atoms with van der Waals surface area (Å²) in [4.78, 5) is 31.7. The first-order chi connectivity index (χ1) is 12.9. The number of carbonyl (C=O) groups is 1. The molecule has 0 aromatic heterocycles. The summed E-state index contributed by atoms with van der Waals surface area (Å²) in [6.45, 7) is 0. The first-order valence-electron chi connectivity index (χ1n) is 7.27. The third-order valence-electron chi connectivity index (χ3n) is 3.08. The predicted octanol–water partition coefficient (Wildman–Crippen LogP) is 3.71. The lowest BCUT2D eigenvalue weighted by Crippen LogP contribution is -2.06. The maximum atomic E-state index is 11.7. The number of nitro benzene ring substituents is 2. The van der Waals surface area contributed by atoms with Crippen LogP contribution in [0.5, 0.6) is 11.5 Å². The highest BCUT2D eigenvalue weighted by Gasteiger charge is 2.21. The van der Waals surface area contributed by atoms with Gasteiger partial charge in [0.2, 0.25) is 5.75 Å². The Bertz CT molecular complexity index is 923. The summed E-state index contributed by atoms with van der Waals surface area (Å²) in [5.41, 5.74) is -0.684. The van der Waals surface area contributed by atoms with Crippen LogP contribution in [0.25, 0.3) is 0 Å². The van der Waals surface area contributed by atoms with Crippen molar-refractivity contribution < 1.29 is 24.1 Å². The fourth-order valence-electron chi connectivity index (χ4n) is 1.83. The highest BCUT2D eigenvalue weighted by molar-refractivity contribution is 5.84. The van der Waals surface area contributed by atoms with E-state index in [0.29, 0.717) is 17.5 Å². The van der Waals surface area contributed by atoms with Gasteiger partial charge in [-0.15, -0.1) is 0 Å².